The summed E-state index contributed by atoms with van der Waals surface area (Å²) in [6.45, 7) is 8.18. The Bertz CT molecular complexity index is 564. The second-order valence-corrected chi connectivity index (χ2v) is 5.70. The summed E-state index contributed by atoms with van der Waals surface area (Å²) in [5.74, 6) is 0.603. The fourth-order valence-corrected chi connectivity index (χ4v) is 1.98. The standard InChI is InChI=1S/C16H21NO4/c1-9(2)15(18)11-7-13-14(21-6-5-20-13)8-12(11)17-16(19)10(3)4/h7-10H,5-6H2,1-4H3,(H,17,19). The molecule has 0 spiro atoms. The number of hydrogen-bond donors (Lipinski definition) is 1. The van der Waals surface area contributed by atoms with Crippen molar-refractivity contribution in [3.05, 3.63) is 17.7 Å². The Hall–Kier alpha value is -2.04. The molecule has 0 saturated carbocycles. The van der Waals surface area contributed by atoms with Crippen molar-refractivity contribution in [3.8, 4) is 11.5 Å². The van der Waals surface area contributed by atoms with E-state index in [1.54, 1.807) is 26.0 Å². The van der Waals surface area contributed by atoms with Crippen molar-refractivity contribution in [2.75, 3.05) is 18.5 Å². The molecule has 21 heavy (non-hydrogen) atoms. The summed E-state index contributed by atoms with van der Waals surface area (Å²) in [5.41, 5.74) is 0.944. The number of fused-ring (bicyclic) bond motifs is 1. The van der Waals surface area contributed by atoms with E-state index < -0.39 is 0 Å². The van der Waals surface area contributed by atoms with Crippen molar-refractivity contribution < 1.29 is 19.1 Å². The molecule has 0 fully saturated rings. The van der Waals surface area contributed by atoms with Crippen molar-refractivity contribution in [3.63, 3.8) is 0 Å². The summed E-state index contributed by atoms with van der Waals surface area (Å²) < 4.78 is 11.0. The maximum Gasteiger partial charge on any atom is 0.226 e. The highest BCUT2D eigenvalue weighted by Crippen LogP contribution is 2.36. The lowest BCUT2D eigenvalue weighted by Crippen LogP contribution is -2.22. The van der Waals surface area contributed by atoms with Gasteiger partial charge in [0.15, 0.2) is 17.3 Å². The molecule has 0 aromatic heterocycles. The fraction of sp³-hybridized carbons (Fsp3) is 0.500. The van der Waals surface area contributed by atoms with E-state index in [-0.39, 0.29) is 23.5 Å². The molecule has 0 atom stereocenters. The molecule has 5 heteroatoms. The number of carbonyl (C=O) groups excluding carboxylic acids is 2. The molecule has 1 amide bonds. The van der Waals surface area contributed by atoms with E-state index in [1.165, 1.54) is 0 Å². The van der Waals surface area contributed by atoms with E-state index in [4.69, 9.17) is 9.47 Å². The van der Waals surface area contributed by atoms with Crippen molar-refractivity contribution in [2.24, 2.45) is 11.8 Å². The first-order valence-corrected chi connectivity index (χ1v) is 7.19. The molecule has 2 rings (SSSR count). The van der Waals surface area contributed by atoms with Gasteiger partial charge in [0.1, 0.15) is 13.2 Å². The van der Waals surface area contributed by atoms with Crippen LogP contribution < -0.4 is 14.8 Å². The maximum atomic E-state index is 12.4. The Morgan fingerprint density at radius 3 is 2.10 bits per heavy atom. The minimum Gasteiger partial charge on any atom is -0.486 e. The lowest BCUT2D eigenvalue weighted by Gasteiger charge is -2.22. The molecule has 114 valence electrons. The van der Waals surface area contributed by atoms with Gasteiger partial charge in [-0.3, -0.25) is 9.59 Å². The number of Topliss-reactive ketones (excluding diaryl/α,β-unsaturated/α-hetero) is 1. The van der Waals surface area contributed by atoms with E-state index in [0.29, 0.717) is 36.0 Å². The molecule has 0 aliphatic carbocycles. The third kappa shape index (κ3) is 3.35. The summed E-state index contributed by atoms with van der Waals surface area (Å²) in [7, 11) is 0. The van der Waals surface area contributed by atoms with Crippen LogP contribution in [-0.2, 0) is 4.79 Å². The van der Waals surface area contributed by atoms with Crippen molar-refractivity contribution >= 4 is 17.4 Å². The summed E-state index contributed by atoms with van der Waals surface area (Å²) in [5, 5.41) is 2.80. The molecule has 5 nitrogen and oxygen atoms in total. The molecule has 1 aliphatic rings. The highest BCUT2D eigenvalue weighted by molar-refractivity contribution is 6.06. The molecule has 0 bridgehead atoms. The zero-order valence-electron chi connectivity index (χ0n) is 12.9. The van der Waals surface area contributed by atoms with Gasteiger partial charge in [-0.15, -0.1) is 0 Å². The molecule has 0 saturated heterocycles. The maximum absolute atomic E-state index is 12.4. The largest absolute Gasteiger partial charge is 0.486 e. The van der Waals surface area contributed by atoms with Crippen molar-refractivity contribution in [1.82, 2.24) is 0 Å². The van der Waals surface area contributed by atoms with Gasteiger partial charge in [-0.05, 0) is 6.07 Å². The number of amides is 1. The van der Waals surface area contributed by atoms with E-state index in [9.17, 15) is 9.59 Å². The molecule has 0 radical (unpaired) electrons. The van der Waals surface area contributed by atoms with Crippen molar-refractivity contribution in [2.45, 2.75) is 27.7 Å². The quantitative estimate of drug-likeness (QED) is 0.866. The van der Waals surface area contributed by atoms with Gasteiger partial charge in [-0.2, -0.15) is 0 Å². The lowest BCUT2D eigenvalue weighted by molar-refractivity contribution is -0.118. The number of ketones is 1. The minimum absolute atomic E-state index is 0.0361. The molecular formula is C16H21NO4. The first-order chi connectivity index (χ1) is 9.90. The van der Waals surface area contributed by atoms with Crippen LogP contribution in [0, 0.1) is 11.8 Å². The number of anilines is 1. The highest BCUT2D eigenvalue weighted by Gasteiger charge is 2.22. The number of rotatable bonds is 4. The van der Waals surface area contributed by atoms with Crippen LogP contribution in [0.15, 0.2) is 12.1 Å². The van der Waals surface area contributed by atoms with Crippen LogP contribution in [0.1, 0.15) is 38.1 Å². The van der Waals surface area contributed by atoms with E-state index in [0.717, 1.165) is 0 Å². The van der Waals surface area contributed by atoms with Gasteiger partial charge in [0, 0.05) is 23.5 Å². The summed E-state index contributed by atoms with van der Waals surface area (Å²) in [6.07, 6.45) is 0. The van der Waals surface area contributed by atoms with Gasteiger partial charge < -0.3 is 14.8 Å². The Balaban J connectivity index is 2.44. The second kappa shape index (κ2) is 6.16. The van der Waals surface area contributed by atoms with Crippen LogP contribution in [0.3, 0.4) is 0 Å². The zero-order valence-corrected chi connectivity index (χ0v) is 12.9. The van der Waals surface area contributed by atoms with Gasteiger partial charge in [0.2, 0.25) is 5.91 Å². The number of ether oxygens (including phenoxy) is 2. The van der Waals surface area contributed by atoms with Gasteiger partial charge in [-0.25, -0.2) is 0 Å². The minimum atomic E-state index is -0.166. The molecule has 1 aromatic carbocycles. The van der Waals surface area contributed by atoms with Gasteiger partial charge >= 0.3 is 0 Å². The van der Waals surface area contributed by atoms with Crippen LogP contribution in [0.5, 0.6) is 11.5 Å². The van der Waals surface area contributed by atoms with E-state index in [1.807, 2.05) is 13.8 Å². The number of hydrogen-bond acceptors (Lipinski definition) is 4. The summed E-state index contributed by atoms with van der Waals surface area (Å²) in [4.78, 5) is 24.3. The smallest absolute Gasteiger partial charge is 0.226 e. The highest BCUT2D eigenvalue weighted by atomic mass is 16.6. The summed E-state index contributed by atoms with van der Waals surface area (Å²) >= 11 is 0. The molecule has 1 aliphatic heterocycles. The van der Waals surface area contributed by atoms with Gasteiger partial charge in [0.25, 0.3) is 0 Å². The molecule has 1 heterocycles. The molecular weight excluding hydrogens is 270 g/mol. The predicted octanol–water partition coefficient (Wildman–Crippen LogP) is 2.89. The topological polar surface area (TPSA) is 64.6 Å². The average molecular weight is 291 g/mol. The molecule has 0 unspecified atom stereocenters. The second-order valence-electron chi connectivity index (χ2n) is 5.70. The monoisotopic (exact) mass is 291 g/mol. The van der Waals surface area contributed by atoms with Crippen LogP contribution in [0.4, 0.5) is 5.69 Å². The van der Waals surface area contributed by atoms with Gasteiger partial charge in [-0.1, -0.05) is 27.7 Å². The first kappa shape index (κ1) is 15.4. The van der Waals surface area contributed by atoms with Crippen LogP contribution in [-0.4, -0.2) is 24.9 Å². The Morgan fingerprint density at radius 2 is 1.57 bits per heavy atom. The first-order valence-electron chi connectivity index (χ1n) is 7.19. The average Bonchev–Trinajstić information content (AvgIpc) is 2.45. The van der Waals surface area contributed by atoms with Crippen molar-refractivity contribution in [1.29, 1.82) is 0 Å². The third-order valence-corrected chi connectivity index (χ3v) is 3.25. The SMILES string of the molecule is CC(C)C(=O)Nc1cc2c(cc1C(=O)C(C)C)OCCO2. The number of benzene rings is 1. The Labute approximate surface area is 124 Å². The van der Waals surface area contributed by atoms with E-state index >= 15 is 0 Å². The van der Waals surface area contributed by atoms with Crippen LogP contribution in [0.25, 0.3) is 0 Å². The van der Waals surface area contributed by atoms with E-state index in [2.05, 4.69) is 5.32 Å². The van der Waals surface area contributed by atoms with Gasteiger partial charge in [0.05, 0.1) is 5.69 Å². The number of carbonyl (C=O) groups is 2. The Kier molecular flexibility index (Phi) is 4.50. The predicted molar refractivity (Wildman–Crippen MR) is 80.1 cm³/mol. The Morgan fingerprint density at radius 1 is 1.00 bits per heavy atom. The number of nitrogens with one attached hydrogen (secondary N) is 1. The van der Waals surface area contributed by atoms with Crippen LogP contribution in [0.2, 0.25) is 0 Å². The molecule has 1 aromatic rings. The van der Waals surface area contributed by atoms with Crippen LogP contribution >= 0.6 is 0 Å². The fourth-order valence-electron chi connectivity index (χ4n) is 1.98. The normalized spacial score (nSPS) is 13.4. The zero-order chi connectivity index (χ0) is 15.6. The molecule has 1 N–H and O–H groups in total. The summed E-state index contributed by atoms with van der Waals surface area (Å²) in [6, 6.07) is 3.33. The third-order valence-electron chi connectivity index (χ3n) is 3.25. The lowest BCUT2D eigenvalue weighted by atomic mass is 9.98.